The van der Waals surface area contributed by atoms with Crippen molar-refractivity contribution in [2.75, 3.05) is 0 Å². The van der Waals surface area contributed by atoms with Crippen molar-refractivity contribution in [2.24, 2.45) is 5.92 Å². The zero-order valence-electron chi connectivity index (χ0n) is 6.98. The molecule has 0 fully saturated rings. The molecule has 0 aromatic rings. The SMILES string of the molecule is CC(C)C([NH-])=O.[CH2-]CC.[Y]. The summed E-state index contributed by atoms with van der Waals surface area (Å²) in [5, 5.41) is 0. The molecular weight excluding hydrogens is 203 g/mol. The number of rotatable bonds is 1. The molecule has 1 N–H and O–H groups in total. The van der Waals surface area contributed by atoms with Crippen molar-refractivity contribution in [1.29, 1.82) is 0 Å². The predicted octanol–water partition coefficient (Wildman–Crippen LogP) is 2.45. The van der Waals surface area contributed by atoms with Crippen LogP contribution in [0.25, 0.3) is 5.73 Å². The van der Waals surface area contributed by atoms with Gasteiger partial charge >= 0.3 is 0 Å². The minimum Gasteiger partial charge on any atom is -0.668 e. The van der Waals surface area contributed by atoms with Crippen LogP contribution in [-0.2, 0) is 37.5 Å². The molecule has 0 rings (SSSR count). The molecule has 1 radical (unpaired) electrons. The molecule has 0 aromatic heterocycles. The summed E-state index contributed by atoms with van der Waals surface area (Å²) in [6.45, 7) is 8.91. The van der Waals surface area contributed by atoms with Gasteiger partial charge in [-0.15, -0.1) is 0 Å². The Morgan fingerprint density at radius 2 is 1.70 bits per heavy atom. The topological polar surface area (TPSA) is 40.9 Å². The summed E-state index contributed by atoms with van der Waals surface area (Å²) >= 11 is 0. The first kappa shape index (κ1) is 16.9. The third kappa shape index (κ3) is 23.5. The van der Waals surface area contributed by atoms with Crippen molar-refractivity contribution in [3.63, 3.8) is 0 Å². The van der Waals surface area contributed by atoms with E-state index in [0.717, 1.165) is 6.42 Å². The molecular formula is C7H15NOY-2. The van der Waals surface area contributed by atoms with Crippen molar-refractivity contribution in [3.8, 4) is 0 Å². The summed E-state index contributed by atoms with van der Waals surface area (Å²) in [6.07, 6.45) is 1.00. The zero-order chi connectivity index (χ0) is 7.86. The van der Waals surface area contributed by atoms with Crippen molar-refractivity contribution >= 4 is 5.91 Å². The van der Waals surface area contributed by atoms with Crippen molar-refractivity contribution in [1.82, 2.24) is 0 Å². The second kappa shape index (κ2) is 12.3. The van der Waals surface area contributed by atoms with Gasteiger partial charge in [0.15, 0.2) is 0 Å². The summed E-state index contributed by atoms with van der Waals surface area (Å²) in [5.74, 6) is -0.611. The van der Waals surface area contributed by atoms with E-state index in [2.05, 4.69) is 6.92 Å². The van der Waals surface area contributed by atoms with E-state index in [-0.39, 0.29) is 38.6 Å². The molecule has 2 nitrogen and oxygen atoms in total. The van der Waals surface area contributed by atoms with Gasteiger partial charge < -0.3 is 17.5 Å². The van der Waals surface area contributed by atoms with Crippen LogP contribution in [-0.4, -0.2) is 5.91 Å². The van der Waals surface area contributed by atoms with Gasteiger partial charge in [0.2, 0.25) is 0 Å². The predicted molar refractivity (Wildman–Crippen MR) is 39.8 cm³/mol. The van der Waals surface area contributed by atoms with Gasteiger partial charge in [-0.1, -0.05) is 20.8 Å². The van der Waals surface area contributed by atoms with E-state index < -0.39 is 5.91 Å². The normalized spacial score (nSPS) is 7.30. The van der Waals surface area contributed by atoms with E-state index in [1.807, 2.05) is 6.92 Å². The molecule has 0 heterocycles. The summed E-state index contributed by atoms with van der Waals surface area (Å²) in [7, 11) is 0. The maximum absolute atomic E-state index is 9.81. The molecule has 0 unspecified atom stereocenters. The van der Waals surface area contributed by atoms with Gasteiger partial charge in [-0.25, -0.2) is 0 Å². The Kier molecular flexibility index (Phi) is 20.7. The van der Waals surface area contributed by atoms with Gasteiger partial charge in [-0.2, -0.15) is 6.42 Å². The van der Waals surface area contributed by atoms with Crippen LogP contribution in [0.4, 0.5) is 0 Å². The Morgan fingerprint density at radius 1 is 1.60 bits per heavy atom. The fourth-order valence-electron chi connectivity index (χ4n) is 0. The smallest absolute Gasteiger partial charge is 0.0513 e. The number of carbonyl (C=O) groups is 1. The van der Waals surface area contributed by atoms with Gasteiger partial charge in [-0.3, -0.25) is 0 Å². The van der Waals surface area contributed by atoms with E-state index in [4.69, 9.17) is 5.73 Å². The van der Waals surface area contributed by atoms with E-state index in [1.54, 1.807) is 13.8 Å². The second-order valence-corrected chi connectivity index (χ2v) is 2.02. The third-order valence-corrected chi connectivity index (χ3v) is 0.524. The van der Waals surface area contributed by atoms with Crippen LogP contribution in [0.1, 0.15) is 27.2 Å². The summed E-state index contributed by atoms with van der Waals surface area (Å²) in [5.41, 5.74) is 6.39. The fourth-order valence-corrected chi connectivity index (χ4v) is 0. The quantitative estimate of drug-likeness (QED) is 0.623. The van der Waals surface area contributed by atoms with E-state index >= 15 is 0 Å². The average Bonchev–Trinajstić information content (AvgIpc) is 1.68. The van der Waals surface area contributed by atoms with Gasteiger partial charge in [0, 0.05) is 32.7 Å². The molecule has 0 aromatic carbocycles. The first-order valence-electron chi connectivity index (χ1n) is 3.10. The Bertz CT molecular complexity index is 74.0. The second-order valence-electron chi connectivity index (χ2n) is 2.02. The first-order chi connectivity index (χ1) is 4.06. The van der Waals surface area contributed by atoms with Crippen LogP contribution in [0.15, 0.2) is 0 Å². The standard InChI is InChI=1S/C4H9NO.C3H7.Y/c1-3(2)4(5)6;1-3-2;/h3H,1-2H3,(H2,5,6);1,3H2,2H3;/q;-1;/p-1. The minimum atomic E-state index is -0.491. The van der Waals surface area contributed by atoms with Crippen molar-refractivity contribution < 1.29 is 37.5 Å². The maximum atomic E-state index is 9.81. The Balaban J connectivity index is -0.000000107. The molecule has 0 atom stereocenters. The van der Waals surface area contributed by atoms with Gasteiger partial charge in [0.25, 0.3) is 0 Å². The van der Waals surface area contributed by atoms with Crippen molar-refractivity contribution in [2.45, 2.75) is 27.2 Å². The molecule has 0 saturated carbocycles. The van der Waals surface area contributed by atoms with E-state index in [0.29, 0.717) is 0 Å². The maximum Gasteiger partial charge on any atom is 0.0513 e. The van der Waals surface area contributed by atoms with Crippen LogP contribution in [0, 0.1) is 12.8 Å². The Morgan fingerprint density at radius 3 is 1.70 bits per heavy atom. The largest absolute Gasteiger partial charge is 0.668 e. The molecule has 0 aliphatic carbocycles. The minimum absolute atomic E-state index is 0. The van der Waals surface area contributed by atoms with Crippen molar-refractivity contribution in [3.05, 3.63) is 12.7 Å². The van der Waals surface area contributed by atoms with Gasteiger partial charge in [0.05, 0.1) is 5.91 Å². The number of amides is 1. The van der Waals surface area contributed by atoms with Gasteiger partial charge in [0.1, 0.15) is 0 Å². The Hall–Kier alpha value is 0.574. The molecule has 0 bridgehead atoms. The number of carbonyl (C=O) groups excluding carboxylic acids is 1. The summed E-state index contributed by atoms with van der Waals surface area (Å²) in [4.78, 5) is 9.81. The van der Waals surface area contributed by atoms with Crippen LogP contribution >= 0.6 is 0 Å². The average molecular weight is 218 g/mol. The molecule has 3 heteroatoms. The number of hydrogen-bond donors (Lipinski definition) is 0. The Labute approximate surface area is 88.8 Å². The van der Waals surface area contributed by atoms with Crippen LogP contribution in [0.2, 0.25) is 0 Å². The van der Waals surface area contributed by atoms with Crippen LogP contribution in [0.3, 0.4) is 0 Å². The summed E-state index contributed by atoms with van der Waals surface area (Å²) < 4.78 is 0. The van der Waals surface area contributed by atoms with E-state index in [1.165, 1.54) is 0 Å². The molecule has 59 valence electrons. The number of nitrogens with one attached hydrogen (secondary N) is 1. The van der Waals surface area contributed by atoms with Crippen LogP contribution < -0.4 is 0 Å². The van der Waals surface area contributed by atoms with E-state index in [9.17, 15) is 4.79 Å². The molecule has 1 amide bonds. The molecule has 0 spiro atoms. The van der Waals surface area contributed by atoms with Gasteiger partial charge in [-0.05, 0) is 5.92 Å². The third-order valence-electron chi connectivity index (χ3n) is 0.524. The number of hydrogen-bond acceptors (Lipinski definition) is 1. The summed E-state index contributed by atoms with van der Waals surface area (Å²) in [6, 6.07) is 0. The van der Waals surface area contributed by atoms with Crippen LogP contribution in [0.5, 0.6) is 0 Å². The first-order valence-corrected chi connectivity index (χ1v) is 3.10. The molecule has 0 aliphatic rings. The molecule has 10 heavy (non-hydrogen) atoms. The molecule has 0 aliphatic heterocycles. The zero-order valence-corrected chi connectivity index (χ0v) is 9.82. The monoisotopic (exact) mass is 218 g/mol. The fraction of sp³-hybridized carbons (Fsp3) is 0.714. The molecule has 0 saturated heterocycles.